The third-order valence-corrected chi connectivity index (χ3v) is 5.08. The maximum absolute atomic E-state index is 12.1. The molecule has 5 nitrogen and oxygen atoms in total. The van der Waals surface area contributed by atoms with Gasteiger partial charge in [0.1, 0.15) is 0 Å². The topological polar surface area (TPSA) is 59.0 Å². The molecule has 0 aliphatic rings. The first-order chi connectivity index (χ1) is 11.1. The van der Waals surface area contributed by atoms with Gasteiger partial charge in [0.15, 0.2) is 0 Å². The minimum absolute atomic E-state index is 0.0406. The van der Waals surface area contributed by atoms with Crippen molar-refractivity contribution in [3.8, 4) is 0 Å². The van der Waals surface area contributed by atoms with E-state index >= 15 is 0 Å². The normalized spacial score (nSPS) is 12.3. The summed E-state index contributed by atoms with van der Waals surface area (Å²) in [7, 11) is 1.89. The molecule has 0 bridgehead atoms. The van der Waals surface area contributed by atoms with Crippen LogP contribution >= 0.6 is 11.3 Å². The van der Waals surface area contributed by atoms with Gasteiger partial charge in [0.2, 0.25) is 0 Å². The van der Waals surface area contributed by atoms with Crippen molar-refractivity contribution in [2.24, 2.45) is 7.05 Å². The number of carbonyl (C=O) groups excluding carboxylic acids is 1. The van der Waals surface area contributed by atoms with Crippen molar-refractivity contribution in [2.45, 2.75) is 26.4 Å². The fourth-order valence-electron chi connectivity index (χ4n) is 2.55. The first-order valence-electron chi connectivity index (χ1n) is 7.54. The van der Waals surface area contributed by atoms with Crippen LogP contribution in [-0.2, 0) is 13.6 Å². The van der Waals surface area contributed by atoms with Gasteiger partial charge in [0, 0.05) is 29.5 Å². The summed E-state index contributed by atoms with van der Waals surface area (Å²) in [5.41, 5.74) is 3.23. The number of aryl methyl sites for hydroxylation is 1. The lowest BCUT2D eigenvalue weighted by Crippen LogP contribution is -2.36. The number of hydrogen-bond donors (Lipinski definition) is 2. The Morgan fingerprint density at radius 2 is 2.17 bits per heavy atom. The van der Waals surface area contributed by atoms with Crippen molar-refractivity contribution in [3.05, 3.63) is 52.7 Å². The number of benzene rings is 1. The van der Waals surface area contributed by atoms with Gasteiger partial charge in [-0.05, 0) is 36.2 Å². The van der Waals surface area contributed by atoms with Crippen LogP contribution in [-0.4, -0.2) is 15.8 Å². The van der Waals surface area contributed by atoms with Crippen molar-refractivity contribution in [1.29, 1.82) is 0 Å². The standard InChI is InChI=1S/C17H20N4OS/c1-11(15-10-23-16-7-5-4-6-14(15)16)20-17(22)18-8-13-9-19-21(3)12(13)2/h4-7,9-11H,8H2,1-3H3,(H2,18,20,22). The van der Waals surface area contributed by atoms with E-state index in [0.29, 0.717) is 6.54 Å². The zero-order chi connectivity index (χ0) is 16.4. The molecule has 2 amide bonds. The molecule has 1 unspecified atom stereocenters. The summed E-state index contributed by atoms with van der Waals surface area (Å²) in [6, 6.07) is 8.04. The van der Waals surface area contributed by atoms with Crippen molar-refractivity contribution in [2.75, 3.05) is 0 Å². The minimum atomic E-state index is -0.170. The first-order valence-corrected chi connectivity index (χ1v) is 8.42. The van der Waals surface area contributed by atoms with Crippen LogP contribution in [0.1, 0.15) is 29.8 Å². The summed E-state index contributed by atoms with van der Waals surface area (Å²) in [5, 5.41) is 13.4. The second-order valence-corrected chi connectivity index (χ2v) is 6.53. The third-order valence-electron chi connectivity index (χ3n) is 4.10. The van der Waals surface area contributed by atoms with Gasteiger partial charge < -0.3 is 10.6 Å². The molecule has 1 aromatic carbocycles. The molecule has 0 aliphatic heterocycles. The summed E-state index contributed by atoms with van der Waals surface area (Å²) in [6.45, 7) is 4.47. The smallest absolute Gasteiger partial charge is 0.315 e. The third kappa shape index (κ3) is 3.22. The Balaban J connectivity index is 1.62. The molecule has 3 aromatic rings. The molecule has 0 aliphatic carbocycles. The second kappa shape index (κ2) is 6.42. The van der Waals surface area contributed by atoms with Crippen molar-refractivity contribution < 1.29 is 4.79 Å². The Labute approximate surface area is 139 Å². The van der Waals surface area contributed by atoms with Crippen LogP contribution in [0, 0.1) is 6.92 Å². The van der Waals surface area contributed by atoms with Gasteiger partial charge in [-0.3, -0.25) is 4.68 Å². The van der Waals surface area contributed by atoms with E-state index in [1.165, 1.54) is 10.1 Å². The Morgan fingerprint density at radius 1 is 1.39 bits per heavy atom. The van der Waals surface area contributed by atoms with Crippen LogP contribution in [0.5, 0.6) is 0 Å². The summed E-state index contributed by atoms with van der Waals surface area (Å²) < 4.78 is 3.04. The highest BCUT2D eigenvalue weighted by molar-refractivity contribution is 7.17. The second-order valence-electron chi connectivity index (χ2n) is 5.61. The maximum atomic E-state index is 12.1. The van der Waals surface area contributed by atoms with E-state index in [-0.39, 0.29) is 12.1 Å². The van der Waals surface area contributed by atoms with Gasteiger partial charge in [-0.15, -0.1) is 11.3 Å². The largest absolute Gasteiger partial charge is 0.334 e. The molecule has 0 fully saturated rings. The minimum Gasteiger partial charge on any atom is -0.334 e. The Kier molecular flexibility index (Phi) is 4.34. The molecule has 6 heteroatoms. The van der Waals surface area contributed by atoms with Crippen LogP contribution in [0.4, 0.5) is 4.79 Å². The van der Waals surface area contributed by atoms with Gasteiger partial charge in [-0.1, -0.05) is 18.2 Å². The summed E-state index contributed by atoms with van der Waals surface area (Å²) in [6.07, 6.45) is 1.78. The lowest BCUT2D eigenvalue weighted by molar-refractivity contribution is 0.237. The van der Waals surface area contributed by atoms with Gasteiger partial charge in [-0.25, -0.2) is 4.79 Å². The van der Waals surface area contributed by atoms with Gasteiger partial charge in [0.25, 0.3) is 0 Å². The predicted molar refractivity (Wildman–Crippen MR) is 93.6 cm³/mol. The molecule has 3 rings (SSSR count). The molecule has 0 radical (unpaired) electrons. The maximum Gasteiger partial charge on any atom is 0.315 e. The number of carbonyl (C=O) groups is 1. The number of thiophene rings is 1. The van der Waals surface area contributed by atoms with E-state index in [4.69, 9.17) is 0 Å². The average Bonchev–Trinajstić information content (AvgIpc) is 3.10. The van der Waals surface area contributed by atoms with E-state index < -0.39 is 0 Å². The molecule has 0 saturated carbocycles. The number of aromatic nitrogens is 2. The number of nitrogens with one attached hydrogen (secondary N) is 2. The number of nitrogens with zero attached hydrogens (tertiary/aromatic N) is 2. The molecule has 120 valence electrons. The first kappa shape index (κ1) is 15.6. The fraction of sp³-hybridized carbons (Fsp3) is 0.294. The number of amides is 2. The van der Waals surface area contributed by atoms with E-state index in [2.05, 4.69) is 33.2 Å². The molecule has 1 atom stereocenters. The van der Waals surface area contributed by atoms with Crippen LogP contribution in [0.2, 0.25) is 0 Å². The predicted octanol–water partition coefficient (Wildman–Crippen LogP) is 3.50. The van der Waals surface area contributed by atoms with Crippen molar-refractivity contribution >= 4 is 27.5 Å². The molecule has 0 saturated heterocycles. The summed E-state index contributed by atoms with van der Waals surface area (Å²) in [4.78, 5) is 12.1. The summed E-state index contributed by atoms with van der Waals surface area (Å²) >= 11 is 1.70. The number of fused-ring (bicyclic) bond motifs is 1. The lowest BCUT2D eigenvalue weighted by Gasteiger charge is -2.14. The quantitative estimate of drug-likeness (QED) is 0.770. The van der Waals surface area contributed by atoms with Crippen LogP contribution in [0.3, 0.4) is 0 Å². The Bertz CT molecular complexity index is 836. The lowest BCUT2D eigenvalue weighted by atomic mass is 10.1. The van der Waals surface area contributed by atoms with Gasteiger partial charge in [-0.2, -0.15) is 5.10 Å². The Hall–Kier alpha value is -2.34. The van der Waals surface area contributed by atoms with E-state index in [0.717, 1.165) is 16.8 Å². The van der Waals surface area contributed by atoms with E-state index in [1.54, 1.807) is 22.2 Å². The monoisotopic (exact) mass is 328 g/mol. The van der Waals surface area contributed by atoms with Crippen LogP contribution < -0.4 is 10.6 Å². The van der Waals surface area contributed by atoms with Crippen molar-refractivity contribution in [1.82, 2.24) is 20.4 Å². The summed E-state index contributed by atoms with van der Waals surface area (Å²) in [5.74, 6) is 0. The van der Waals surface area contributed by atoms with Crippen molar-refractivity contribution in [3.63, 3.8) is 0 Å². The van der Waals surface area contributed by atoms with E-state index in [1.807, 2.05) is 33.0 Å². The highest BCUT2D eigenvalue weighted by Gasteiger charge is 2.14. The molecule has 2 aromatic heterocycles. The fourth-order valence-corrected chi connectivity index (χ4v) is 3.61. The molecule has 0 spiro atoms. The molecule has 2 N–H and O–H groups in total. The van der Waals surface area contributed by atoms with Crippen LogP contribution in [0.15, 0.2) is 35.8 Å². The molecular weight excluding hydrogens is 308 g/mol. The number of urea groups is 1. The zero-order valence-electron chi connectivity index (χ0n) is 13.5. The number of rotatable bonds is 4. The molecular formula is C17H20N4OS. The van der Waals surface area contributed by atoms with Crippen LogP contribution in [0.25, 0.3) is 10.1 Å². The van der Waals surface area contributed by atoms with E-state index in [9.17, 15) is 4.79 Å². The molecule has 23 heavy (non-hydrogen) atoms. The molecule has 2 heterocycles. The van der Waals surface area contributed by atoms with Gasteiger partial charge in [0.05, 0.1) is 12.2 Å². The zero-order valence-corrected chi connectivity index (χ0v) is 14.3. The number of hydrogen-bond acceptors (Lipinski definition) is 3. The Morgan fingerprint density at radius 3 is 2.91 bits per heavy atom. The highest BCUT2D eigenvalue weighted by atomic mass is 32.1. The van der Waals surface area contributed by atoms with Gasteiger partial charge >= 0.3 is 6.03 Å². The SMILES string of the molecule is Cc1c(CNC(=O)NC(C)c2csc3ccccc23)cnn1C. The highest BCUT2D eigenvalue weighted by Crippen LogP contribution is 2.29. The average molecular weight is 328 g/mol.